The van der Waals surface area contributed by atoms with Crippen molar-refractivity contribution in [3.63, 3.8) is 0 Å². The number of rotatable bonds is 5. The van der Waals surface area contributed by atoms with Gasteiger partial charge >= 0.3 is 0 Å². The SMILES string of the molecule is Cc1nc2ncnn2c(C)c1CCC(=O)NC[C@H]1CCOc2ccccc2C1. The molecule has 1 amide bonds. The van der Waals surface area contributed by atoms with Gasteiger partial charge in [0.1, 0.15) is 12.1 Å². The molecule has 1 aliphatic heterocycles. The van der Waals surface area contributed by atoms with Crippen LogP contribution in [-0.2, 0) is 17.6 Å². The Balaban J connectivity index is 1.33. The predicted octanol–water partition coefficient (Wildman–Crippen LogP) is 2.43. The second kappa shape index (κ2) is 7.96. The van der Waals surface area contributed by atoms with Gasteiger partial charge in [0.2, 0.25) is 5.91 Å². The third-order valence-electron chi connectivity index (χ3n) is 5.44. The number of carbonyl (C=O) groups is 1. The molecule has 0 aliphatic carbocycles. The topological polar surface area (TPSA) is 81.4 Å². The Morgan fingerprint density at radius 3 is 3.07 bits per heavy atom. The number of hydrogen-bond donors (Lipinski definition) is 1. The van der Waals surface area contributed by atoms with Crippen molar-refractivity contribution in [3.05, 3.63) is 53.1 Å². The van der Waals surface area contributed by atoms with Crippen molar-refractivity contribution in [1.82, 2.24) is 24.9 Å². The Hall–Kier alpha value is -2.96. The number of aryl methyl sites for hydroxylation is 2. The van der Waals surface area contributed by atoms with Gasteiger partial charge in [-0.25, -0.2) is 9.50 Å². The lowest BCUT2D eigenvalue weighted by atomic mass is 9.97. The summed E-state index contributed by atoms with van der Waals surface area (Å²) >= 11 is 0. The Bertz CT molecular complexity index is 998. The maximum atomic E-state index is 12.4. The largest absolute Gasteiger partial charge is 0.493 e. The van der Waals surface area contributed by atoms with E-state index in [-0.39, 0.29) is 5.91 Å². The molecule has 0 saturated heterocycles. The zero-order valence-corrected chi connectivity index (χ0v) is 16.3. The number of aromatic nitrogens is 4. The lowest BCUT2D eigenvalue weighted by Crippen LogP contribution is -2.30. The average molecular weight is 379 g/mol. The van der Waals surface area contributed by atoms with Gasteiger partial charge in [-0.3, -0.25) is 4.79 Å². The van der Waals surface area contributed by atoms with Crippen molar-refractivity contribution in [2.45, 2.75) is 39.5 Å². The minimum Gasteiger partial charge on any atom is -0.493 e. The van der Waals surface area contributed by atoms with Crippen LogP contribution in [0.2, 0.25) is 0 Å². The van der Waals surface area contributed by atoms with Gasteiger partial charge in [0.05, 0.1) is 6.61 Å². The van der Waals surface area contributed by atoms with E-state index in [0.29, 0.717) is 37.7 Å². The maximum Gasteiger partial charge on any atom is 0.252 e. The fraction of sp³-hybridized carbons (Fsp3) is 0.429. The molecule has 0 radical (unpaired) electrons. The molecular formula is C21H25N5O2. The first-order chi connectivity index (χ1) is 13.6. The molecule has 7 nitrogen and oxygen atoms in total. The highest BCUT2D eigenvalue weighted by Gasteiger charge is 2.18. The van der Waals surface area contributed by atoms with E-state index in [0.717, 1.165) is 35.5 Å². The van der Waals surface area contributed by atoms with Crippen molar-refractivity contribution in [2.24, 2.45) is 5.92 Å². The number of fused-ring (bicyclic) bond motifs is 2. The first-order valence-electron chi connectivity index (χ1n) is 9.75. The van der Waals surface area contributed by atoms with E-state index in [9.17, 15) is 4.79 Å². The lowest BCUT2D eigenvalue weighted by Gasteiger charge is -2.15. The number of carbonyl (C=O) groups excluding carboxylic acids is 1. The van der Waals surface area contributed by atoms with E-state index in [2.05, 4.69) is 26.4 Å². The second-order valence-corrected chi connectivity index (χ2v) is 7.35. The van der Waals surface area contributed by atoms with Crippen LogP contribution in [0.1, 0.15) is 35.4 Å². The molecular weight excluding hydrogens is 354 g/mol. The first kappa shape index (κ1) is 18.4. The third-order valence-corrected chi connectivity index (χ3v) is 5.44. The van der Waals surface area contributed by atoms with E-state index in [4.69, 9.17) is 4.74 Å². The summed E-state index contributed by atoms with van der Waals surface area (Å²) in [5.41, 5.74) is 4.18. The molecule has 3 aromatic rings. The number of nitrogens with zero attached hydrogens (tertiary/aromatic N) is 4. The van der Waals surface area contributed by atoms with Crippen LogP contribution in [0, 0.1) is 19.8 Å². The van der Waals surface area contributed by atoms with Crippen LogP contribution < -0.4 is 10.1 Å². The van der Waals surface area contributed by atoms with Crippen LogP contribution in [0.5, 0.6) is 5.75 Å². The van der Waals surface area contributed by atoms with Gasteiger partial charge in [-0.15, -0.1) is 0 Å². The summed E-state index contributed by atoms with van der Waals surface area (Å²) in [4.78, 5) is 21.0. The minimum atomic E-state index is 0.0657. The van der Waals surface area contributed by atoms with Crippen LogP contribution in [0.3, 0.4) is 0 Å². The second-order valence-electron chi connectivity index (χ2n) is 7.35. The fourth-order valence-electron chi connectivity index (χ4n) is 3.84. The van der Waals surface area contributed by atoms with E-state index in [1.807, 2.05) is 32.0 Å². The number of benzene rings is 1. The normalized spacial score (nSPS) is 16.3. The molecule has 1 atom stereocenters. The van der Waals surface area contributed by atoms with Gasteiger partial charge < -0.3 is 10.1 Å². The smallest absolute Gasteiger partial charge is 0.252 e. The van der Waals surface area contributed by atoms with Crippen LogP contribution in [0.15, 0.2) is 30.6 Å². The van der Waals surface area contributed by atoms with Crippen LogP contribution >= 0.6 is 0 Å². The molecule has 0 fully saturated rings. The number of nitrogens with one attached hydrogen (secondary N) is 1. The Morgan fingerprint density at radius 2 is 2.18 bits per heavy atom. The van der Waals surface area contributed by atoms with Crippen molar-refractivity contribution in [1.29, 1.82) is 0 Å². The van der Waals surface area contributed by atoms with Crippen LogP contribution in [-0.4, -0.2) is 38.6 Å². The molecule has 0 spiro atoms. The molecule has 2 aromatic heterocycles. The number of ether oxygens (including phenoxy) is 1. The summed E-state index contributed by atoms with van der Waals surface area (Å²) in [5.74, 6) is 2.03. The summed E-state index contributed by atoms with van der Waals surface area (Å²) in [7, 11) is 0. The third kappa shape index (κ3) is 3.83. The average Bonchev–Trinajstić information content (AvgIpc) is 3.05. The summed E-state index contributed by atoms with van der Waals surface area (Å²) in [6.07, 6.45) is 4.45. The molecule has 0 bridgehead atoms. The standard InChI is InChI=1S/C21H25N5O2/c1-14-18(15(2)26-21(25-14)23-13-24-26)7-8-20(27)22-12-16-9-10-28-19-6-4-3-5-17(19)11-16/h3-6,13,16H,7-12H2,1-2H3,(H,22,27)/t16-/m0/s1. The molecule has 4 rings (SSSR count). The van der Waals surface area contributed by atoms with Gasteiger partial charge in [0, 0.05) is 24.4 Å². The highest BCUT2D eigenvalue weighted by molar-refractivity contribution is 5.76. The van der Waals surface area contributed by atoms with E-state index >= 15 is 0 Å². The van der Waals surface area contributed by atoms with Crippen LogP contribution in [0.25, 0.3) is 5.78 Å². The fourth-order valence-corrected chi connectivity index (χ4v) is 3.84. The van der Waals surface area contributed by atoms with Crippen molar-refractivity contribution >= 4 is 11.7 Å². The summed E-state index contributed by atoms with van der Waals surface area (Å²) in [5, 5.41) is 7.31. The van der Waals surface area contributed by atoms with E-state index < -0.39 is 0 Å². The van der Waals surface area contributed by atoms with Gasteiger partial charge in [-0.05, 0) is 56.2 Å². The molecule has 0 saturated carbocycles. The van der Waals surface area contributed by atoms with Gasteiger partial charge in [-0.1, -0.05) is 18.2 Å². The minimum absolute atomic E-state index is 0.0657. The Morgan fingerprint density at radius 1 is 1.32 bits per heavy atom. The van der Waals surface area contributed by atoms with Crippen LogP contribution in [0.4, 0.5) is 0 Å². The number of hydrogen-bond acceptors (Lipinski definition) is 5. The Labute approximate surface area is 164 Å². The number of para-hydroxylation sites is 1. The quantitative estimate of drug-likeness (QED) is 0.736. The molecule has 1 N–H and O–H groups in total. The molecule has 28 heavy (non-hydrogen) atoms. The monoisotopic (exact) mass is 379 g/mol. The first-order valence-corrected chi connectivity index (χ1v) is 9.75. The summed E-state index contributed by atoms with van der Waals surface area (Å²) in [6, 6.07) is 8.15. The number of amides is 1. The van der Waals surface area contributed by atoms with Crippen molar-refractivity contribution in [3.8, 4) is 5.75 Å². The van der Waals surface area contributed by atoms with Gasteiger partial charge in [-0.2, -0.15) is 10.1 Å². The van der Waals surface area contributed by atoms with Crippen molar-refractivity contribution in [2.75, 3.05) is 13.2 Å². The van der Waals surface area contributed by atoms with Crippen molar-refractivity contribution < 1.29 is 9.53 Å². The van der Waals surface area contributed by atoms with Gasteiger partial charge in [0.15, 0.2) is 0 Å². The van der Waals surface area contributed by atoms with Gasteiger partial charge in [0.25, 0.3) is 5.78 Å². The summed E-state index contributed by atoms with van der Waals surface area (Å²) < 4.78 is 7.54. The highest BCUT2D eigenvalue weighted by Crippen LogP contribution is 2.26. The predicted molar refractivity (Wildman–Crippen MR) is 105 cm³/mol. The lowest BCUT2D eigenvalue weighted by molar-refractivity contribution is -0.121. The molecule has 3 heterocycles. The zero-order valence-electron chi connectivity index (χ0n) is 16.3. The summed E-state index contributed by atoms with van der Waals surface area (Å²) in [6.45, 7) is 5.32. The molecule has 7 heteroatoms. The maximum absolute atomic E-state index is 12.4. The molecule has 1 aromatic carbocycles. The highest BCUT2D eigenvalue weighted by atomic mass is 16.5. The van der Waals surface area contributed by atoms with E-state index in [1.54, 1.807) is 4.52 Å². The molecule has 1 aliphatic rings. The Kier molecular flexibility index (Phi) is 5.23. The van der Waals surface area contributed by atoms with E-state index in [1.165, 1.54) is 11.9 Å². The molecule has 0 unspecified atom stereocenters. The molecule has 146 valence electrons. The zero-order chi connectivity index (χ0) is 19.5.